The minimum Gasteiger partial charge on any atom is -0.515 e. The number of amides is 1. The summed E-state index contributed by atoms with van der Waals surface area (Å²) in [6, 6.07) is 5.50. The van der Waals surface area contributed by atoms with Crippen LogP contribution in [0.1, 0.15) is 0 Å². The monoisotopic (exact) mass is 209 g/mol. The van der Waals surface area contributed by atoms with Gasteiger partial charge in [0.1, 0.15) is 11.4 Å². The average Bonchev–Trinajstić information content (AvgIpc) is 2.23. The molecule has 0 heterocycles. The van der Waals surface area contributed by atoms with Crippen molar-refractivity contribution in [2.45, 2.75) is 0 Å². The number of rotatable bonds is 3. The summed E-state index contributed by atoms with van der Waals surface area (Å²) in [7, 11) is 0. The highest BCUT2D eigenvalue weighted by molar-refractivity contribution is 6.16. The fraction of sp³-hybridized carbons (Fsp3) is 0. The van der Waals surface area contributed by atoms with Gasteiger partial charge in [-0.1, -0.05) is 12.1 Å². The number of benzene rings is 1. The number of aliphatic hydroxyl groups is 1. The SMILES string of the molecule is O=C/C(=C\O)C(=O)Nc1ccccc1F. The average molecular weight is 209 g/mol. The van der Waals surface area contributed by atoms with Crippen molar-refractivity contribution in [3.63, 3.8) is 0 Å². The predicted molar refractivity (Wildman–Crippen MR) is 51.8 cm³/mol. The van der Waals surface area contributed by atoms with Crippen molar-refractivity contribution in [3.8, 4) is 0 Å². The molecule has 1 aromatic rings. The summed E-state index contributed by atoms with van der Waals surface area (Å²) in [5, 5.41) is 10.6. The van der Waals surface area contributed by atoms with Gasteiger partial charge in [-0.25, -0.2) is 4.39 Å². The van der Waals surface area contributed by atoms with Gasteiger partial charge in [0, 0.05) is 0 Å². The van der Waals surface area contributed by atoms with Crippen molar-refractivity contribution in [1.82, 2.24) is 0 Å². The van der Waals surface area contributed by atoms with Crippen LogP contribution >= 0.6 is 0 Å². The highest BCUT2D eigenvalue weighted by Crippen LogP contribution is 2.12. The molecule has 1 rings (SSSR count). The predicted octanol–water partition coefficient (Wildman–Crippen LogP) is 1.40. The lowest BCUT2D eigenvalue weighted by atomic mass is 10.2. The minimum atomic E-state index is -0.863. The lowest BCUT2D eigenvalue weighted by Crippen LogP contribution is -2.16. The van der Waals surface area contributed by atoms with Crippen molar-refractivity contribution in [3.05, 3.63) is 41.9 Å². The second-order valence-corrected chi connectivity index (χ2v) is 2.64. The Bertz CT molecular complexity index is 415. The van der Waals surface area contributed by atoms with E-state index in [4.69, 9.17) is 5.11 Å². The van der Waals surface area contributed by atoms with Crippen molar-refractivity contribution in [1.29, 1.82) is 0 Å². The molecule has 0 fully saturated rings. The summed E-state index contributed by atoms with van der Waals surface area (Å²) in [4.78, 5) is 21.5. The van der Waals surface area contributed by atoms with Gasteiger partial charge in [0.15, 0.2) is 6.29 Å². The van der Waals surface area contributed by atoms with Gasteiger partial charge in [0.05, 0.1) is 11.9 Å². The molecule has 15 heavy (non-hydrogen) atoms. The van der Waals surface area contributed by atoms with Crippen LogP contribution in [0.15, 0.2) is 36.1 Å². The zero-order valence-electron chi connectivity index (χ0n) is 7.61. The number of carbonyl (C=O) groups is 2. The fourth-order valence-corrected chi connectivity index (χ4v) is 0.900. The first-order chi connectivity index (χ1) is 7.19. The highest BCUT2D eigenvalue weighted by atomic mass is 19.1. The zero-order chi connectivity index (χ0) is 11.3. The Balaban J connectivity index is 2.84. The molecule has 0 aromatic heterocycles. The maximum atomic E-state index is 13.0. The number of aliphatic hydroxyl groups excluding tert-OH is 1. The van der Waals surface area contributed by atoms with Gasteiger partial charge in [0.2, 0.25) is 0 Å². The zero-order valence-corrected chi connectivity index (χ0v) is 7.61. The Kier molecular flexibility index (Phi) is 3.56. The number of halogens is 1. The van der Waals surface area contributed by atoms with Crippen LogP contribution in [0.3, 0.4) is 0 Å². The van der Waals surface area contributed by atoms with Crippen LogP contribution in [-0.2, 0) is 9.59 Å². The summed E-state index contributed by atoms with van der Waals surface area (Å²) in [5.41, 5.74) is -0.526. The van der Waals surface area contributed by atoms with Crippen LogP contribution in [0, 0.1) is 5.82 Å². The molecule has 0 saturated carbocycles. The van der Waals surface area contributed by atoms with Crippen molar-refractivity contribution in [2.24, 2.45) is 0 Å². The molecule has 2 N–H and O–H groups in total. The summed E-state index contributed by atoms with van der Waals surface area (Å²) in [6.07, 6.45) is 0.541. The highest BCUT2D eigenvalue weighted by Gasteiger charge is 2.10. The minimum absolute atomic E-state index is 0.0521. The molecule has 0 unspecified atom stereocenters. The Morgan fingerprint density at radius 2 is 2.07 bits per heavy atom. The number of nitrogens with one attached hydrogen (secondary N) is 1. The largest absolute Gasteiger partial charge is 0.515 e. The Morgan fingerprint density at radius 3 is 2.60 bits per heavy atom. The molecule has 0 aliphatic heterocycles. The van der Waals surface area contributed by atoms with Crippen LogP contribution in [0.25, 0.3) is 0 Å². The smallest absolute Gasteiger partial charge is 0.262 e. The van der Waals surface area contributed by atoms with Crippen LogP contribution in [-0.4, -0.2) is 17.3 Å². The first-order valence-corrected chi connectivity index (χ1v) is 4.04. The molecule has 0 bridgehead atoms. The van der Waals surface area contributed by atoms with Crippen molar-refractivity contribution >= 4 is 17.9 Å². The molecule has 5 heteroatoms. The molecule has 0 aliphatic rings. The van der Waals surface area contributed by atoms with Gasteiger partial charge in [-0.15, -0.1) is 0 Å². The first kappa shape index (κ1) is 10.9. The number of hydrogen-bond donors (Lipinski definition) is 2. The third-order valence-corrected chi connectivity index (χ3v) is 1.65. The van der Waals surface area contributed by atoms with E-state index in [2.05, 4.69) is 5.32 Å². The van der Waals surface area contributed by atoms with Crippen LogP contribution in [0.2, 0.25) is 0 Å². The van der Waals surface area contributed by atoms with Crippen LogP contribution in [0.5, 0.6) is 0 Å². The Hall–Kier alpha value is -2.17. The van der Waals surface area contributed by atoms with Gasteiger partial charge < -0.3 is 10.4 Å². The maximum absolute atomic E-state index is 13.0. The van der Waals surface area contributed by atoms with E-state index in [1.165, 1.54) is 24.3 Å². The first-order valence-electron chi connectivity index (χ1n) is 4.04. The number of para-hydroxylation sites is 1. The lowest BCUT2D eigenvalue weighted by Gasteiger charge is -2.04. The van der Waals surface area contributed by atoms with Gasteiger partial charge in [-0.2, -0.15) is 0 Å². The number of aldehydes is 1. The van der Waals surface area contributed by atoms with E-state index >= 15 is 0 Å². The molecule has 0 radical (unpaired) electrons. The normalized spacial score (nSPS) is 10.9. The standard InChI is InChI=1S/C10H8FNO3/c11-8-3-1-2-4-9(8)12-10(15)7(5-13)6-14/h1-6,13H,(H,12,15)/b7-5+. The van der Waals surface area contributed by atoms with Gasteiger partial charge in [-0.3, -0.25) is 9.59 Å². The van der Waals surface area contributed by atoms with Gasteiger partial charge >= 0.3 is 0 Å². The molecule has 0 atom stereocenters. The van der Waals surface area contributed by atoms with Gasteiger partial charge in [-0.05, 0) is 12.1 Å². The molecule has 4 nitrogen and oxygen atoms in total. The van der Waals surface area contributed by atoms with E-state index in [9.17, 15) is 14.0 Å². The Morgan fingerprint density at radius 1 is 1.40 bits per heavy atom. The molecular formula is C10H8FNO3. The Labute approximate surface area is 85.0 Å². The second-order valence-electron chi connectivity index (χ2n) is 2.64. The number of carbonyl (C=O) groups excluding carboxylic acids is 2. The molecule has 1 aromatic carbocycles. The summed E-state index contributed by atoms with van der Waals surface area (Å²) >= 11 is 0. The molecule has 1 amide bonds. The molecule has 0 aliphatic carbocycles. The molecule has 0 spiro atoms. The van der Waals surface area contributed by atoms with E-state index in [-0.39, 0.29) is 12.0 Å². The maximum Gasteiger partial charge on any atom is 0.262 e. The topological polar surface area (TPSA) is 66.4 Å². The van der Waals surface area contributed by atoms with E-state index in [1.807, 2.05) is 0 Å². The quantitative estimate of drug-likeness (QED) is 0.260. The molecule has 0 saturated heterocycles. The summed E-state index contributed by atoms with van der Waals surface area (Å²) in [5.74, 6) is -1.48. The van der Waals surface area contributed by atoms with E-state index in [1.54, 1.807) is 0 Å². The van der Waals surface area contributed by atoms with E-state index < -0.39 is 17.3 Å². The third-order valence-electron chi connectivity index (χ3n) is 1.65. The fourth-order valence-electron chi connectivity index (χ4n) is 0.900. The molecule has 78 valence electrons. The summed E-state index contributed by atoms with van der Waals surface area (Å²) in [6.45, 7) is 0. The number of hydrogen-bond acceptors (Lipinski definition) is 3. The van der Waals surface area contributed by atoms with Crippen molar-refractivity contribution in [2.75, 3.05) is 5.32 Å². The number of anilines is 1. The van der Waals surface area contributed by atoms with Gasteiger partial charge in [0.25, 0.3) is 5.91 Å². The second kappa shape index (κ2) is 4.90. The summed E-state index contributed by atoms with van der Waals surface area (Å²) < 4.78 is 13.0. The van der Waals surface area contributed by atoms with E-state index in [0.29, 0.717) is 6.26 Å². The van der Waals surface area contributed by atoms with Crippen LogP contribution in [0.4, 0.5) is 10.1 Å². The lowest BCUT2D eigenvalue weighted by molar-refractivity contribution is -0.115. The van der Waals surface area contributed by atoms with Crippen LogP contribution < -0.4 is 5.32 Å². The molecular weight excluding hydrogens is 201 g/mol. The third kappa shape index (κ3) is 2.63. The van der Waals surface area contributed by atoms with E-state index in [0.717, 1.165) is 0 Å². The van der Waals surface area contributed by atoms with Crippen molar-refractivity contribution < 1.29 is 19.1 Å².